The molecular weight excluding hydrogens is 348 g/mol. The van der Waals surface area contributed by atoms with E-state index >= 15 is 0 Å². The lowest BCUT2D eigenvalue weighted by atomic mass is 10.1. The van der Waals surface area contributed by atoms with Crippen molar-refractivity contribution in [3.63, 3.8) is 0 Å². The number of hydrogen-bond donors (Lipinski definition) is 0. The van der Waals surface area contributed by atoms with E-state index in [0.29, 0.717) is 22.8 Å². The van der Waals surface area contributed by atoms with E-state index in [1.54, 1.807) is 25.3 Å². The number of halogens is 1. The Kier molecular flexibility index (Phi) is 3.90. The maximum atomic E-state index is 12.5. The summed E-state index contributed by atoms with van der Waals surface area (Å²) in [4.78, 5) is 12.5. The number of ether oxygens (including phenoxy) is 3. The molecule has 112 valence electrons. The normalized spacial score (nSPS) is 14.7. The van der Waals surface area contributed by atoms with Crippen molar-refractivity contribution in [3.8, 4) is 17.2 Å². The van der Waals surface area contributed by atoms with Crippen molar-refractivity contribution in [1.82, 2.24) is 0 Å². The first-order chi connectivity index (χ1) is 10.6. The minimum Gasteiger partial charge on any atom is -0.496 e. The van der Waals surface area contributed by atoms with Crippen LogP contribution in [0.15, 0.2) is 46.6 Å². The molecule has 1 heterocycles. The lowest BCUT2D eigenvalue weighted by Crippen LogP contribution is -2.00. The zero-order chi connectivity index (χ0) is 15.7. The molecule has 2 aromatic carbocycles. The first-order valence-corrected chi connectivity index (χ1v) is 7.37. The maximum Gasteiger partial charge on any atom is 0.235 e. The molecule has 0 fully saturated rings. The van der Waals surface area contributed by atoms with Crippen LogP contribution in [-0.2, 0) is 0 Å². The van der Waals surface area contributed by atoms with Gasteiger partial charge in [0.1, 0.15) is 22.8 Å². The fourth-order valence-corrected chi connectivity index (χ4v) is 2.51. The van der Waals surface area contributed by atoms with Gasteiger partial charge in [-0.2, -0.15) is 0 Å². The van der Waals surface area contributed by atoms with Gasteiger partial charge in [-0.15, -0.1) is 0 Å². The monoisotopic (exact) mass is 360 g/mol. The largest absolute Gasteiger partial charge is 0.496 e. The van der Waals surface area contributed by atoms with Crippen molar-refractivity contribution in [3.05, 3.63) is 57.8 Å². The van der Waals surface area contributed by atoms with Crippen LogP contribution in [0, 0.1) is 0 Å². The van der Waals surface area contributed by atoms with Gasteiger partial charge in [0.25, 0.3) is 0 Å². The third kappa shape index (κ3) is 2.60. The Hall–Kier alpha value is -2.27. The smallest absolute Gasteiger partial charge is 0.235 e. The molecule has 5 heteroatoms. The van der Waals surface area contributed by atoms with Crippen LogP contribution >= 0.6 is 15.9 Å². The predicted octanol–water partition coefficient (Wildman–Crippen LogP) is 4.08. The summed E-state index contributed by atoms with van der Waals surface area (Å²) in [6.07, 6.45) is 1.71. The van der Waals surface area contributed by atoms with Crippen LogP contribution in [0.1, 0.15) is 15.9 Å². The van der Waals surface area contributed by atoms with Crippen molar-refractivity contribution in [2.45, 2.75) is 0 Å². The Morgan fingerprint density at radius 1 is 1.09 bits per heavy atom. The SMILES string of the molecule is COc1cc(OC)c2c(c1)O/C(=C/c1ccc(Br)cc1)C2=O. The van der Waals surface area contributed by atoms with Gasteiger partial charge in [-0.05, 0) is 23.8 Å². The Balaban J connectivity index is 2.02. The second-order valence-electron chi connectivity index (χ2n) is 4.69. The predicted molar refractivity (Wildman–Crippen MR) is 86.6 cm³/mol. The Labute approximate surface area is 136 Å². The summed E-state index contributed by atoms with van der Waals surface area (Å²) < 4.78 is 17.1. The van der Waals surface area contributed by atoms with Crippen LogP contribution in [0.25, 0.3) is 6.08 Å². The number of benzene rings is 2. The topological polar surface area (TPSA) is 44.8 Å². The molecule has 0 atom stereocenters. The minimum atomic E-state index is -0.197. The van der Waals surface area contributed by atoms with E-state index < -0.39 is 0 Å². The van der Waals surface area contributed by atoms with Crippen LogP contribution in [0.2, 0.25) is 0 Å². The molecule has 4 nitrogen and oxygen atoms in total. The number of ketones is 1. The highest BCUT2D eigenvalue weighted by Gasteiger charge is 2.32. The lowest BCUT2D eigenvalue weighted by Gasteiger charge is -2.07. The zero-order valence-electron chi connectivity index (χ0n) is 12.1. The van der Waals surface area contributed by atoms with Gasteiger partial charge in [0.05, 0.1) is 14.2 Å². The van der Waals surface area contributed by atoms with Crippen LogP contribution in [0.3, 0.4) is 0 Å². The van der Waals surface area contributed by atoms with Crippen LogP contribution < -0.4 is 14.2 Å². The number of rotatable bonds is 3. The van der Waals surface area contributed by atoms with E-state index in [0.717, 1.165) is 10.0 Å². The number of methoxy groups -OCH3 is 2. The highest BCUT2D eigenvalue weighted by Crippen LogP contribution is 2.41. The Bertz CT molecular complexity index is 763. The molecule has 0 aliphatic carbocycles. The minimum absolute atomic E-state index is 0.197. The summed E-state index contributed by atoms with van der Waals surface area (Å²) in [5.74, 6) is 1.54. The van der Waals surface area contributed by atoms with Gasteiger partial charge in [0.15, 0.2) is 5.76 Å². The molecule has 0 aromatic heterocycles. The molecule has 1 aliphatic heterocycles. The van der Waals surface area contributed by atoms with Crippen molar-refractivity contribution < 1.29 is 19.0 Å². The van der Waals surface area contributed by atoms with E-state index in [1.165, 1.54) is 7.11 Å². The third-order valence-electron chi connectivity index (χ3n) is 3.33. The van der Waals surface area contributed by atoms with Crippen molar-refractivity contribution in [1.29, 1.82) is 0 Å². The van der Waals surface area contributed by atoms with Gasteiger partial charge in [0, 0.05) is 16.6 Å². The number of fused-ring (bicyclic) bond motifs is 1. The molecule has 0 saturated carbocycles. The standard InChI is InChI=1S/C17H13BrO4/c1-20-12-8-13(21-2)16-14(9-12)22-15(17(16)19)7-10-3-5-11(18)6-4-10/h3-9H,1-2H3/b15-7+. The third-order valence-corrected chi connectivity index (χ3v) is 3.86. The average Bonchev–Trinajstić information content (AvgIpc) is 2.85. The number of hydrogen-bond acceptors (Lipinski definition) is 4. The lowest BCUT2D eigenvalue weighted by molar-refractivity contribution is 0.101. The molecule has 0 N–H and O–H groups in total. The summed E-state index contributed by atoms with van der Waals surface area (Å²) in [5.41, 5.74) is 1.30. The van der Waals surface area contributed by atoms with Crippen LogP contribution in [0.4, 0.5) is 0 Å². The second kappa shape index (κ2) is 5.85. The van der Waals surface area contributed by atoms with Gasteiger partial charge in [0.2, 0.25) is 5.78 Å². The van der Waals surface area contributed by atoms with Gasteiger partial charge in [-0.3, -0.25) is 4.79 Å². The Morgan fingerprint density at radius 3 is 2.45 bits per heavy atom. The van der Waals surface area contributed by atoms with E-state index in [1.807, 2.05) is 24.3 Å². The molecule has 0 radical (unpaired) electrons. The van der Waals surface area contributed by atoms with E-state index in [-0.39, 0.29) is 11.5 Å². The van der Waals surface area contributed by atoms with Gasteiger partial charge >= 0.3 is 0 Å². The van der Waals surface area contributed by atoms with Crippen molar-refractivity contribution >= 4 is 27.8 Å². The van der Waals surface area contributed by atoms with Crippen LogP contribution in [-0.4, -0.2) is 20.0 Å². The molecule has 0 bridgehead atoms. The van der Waals surface area contributed by atoms with E-state index in [9.17, 15) is 4.79 Å². The Morgan fingerprint density at radius 2 is 1.82 bits per heavy atom. The molecule has 0 saturated heterocycles. The fourth-order valence-electron chi connectivity index (χ4n) is 2.24. The first-order valence-electron chi connectivity index (χ1n) is 6.58. The number of allylic oxidation sites excluding steroid dienone is 1. The highest BCUT2D eigenvalue weighted by atomic mass is 79.9. The summed E-state index contributed by atoms with van der Waals surface area (Å²) >= 11 is 3.38. The van der Waals surface area contributed by atoms with Crippen LogP contribution in [0.5, 0.6) is 17.2 Å². The maximum absolute atomic E-state index is 12.5. The molecule has 0 unspecified atom stereocenters. The van der Waals surface area contributed by atoms with Crippen molar-refractivity contribution in [2.75, 3.05) is 14.2 Å². The molecule has 0 amide bonds. The van der Waals surface area contributed by atoms with Gasteiger partial charge < -0.3 is 14.2 Å². The number of carbonyl (C=O) groups excluding carboxylic acids is 1. The highest BCUT2D eigenvalue weighted by molar-refractivity contribution is 9.10. The molecule has 3 rings (SSSR count). The summed E-state index contributed by atoms with van der Waals surface area (Å²) in [6, 6.07) is 11.0. The molecule has 2 aromatic rings. The molecular formula is C17H13BrO4. The number of Topliss-reactive ketones (excluding diaryl/α,β-unsaturated/α-hetero) is 1. The fraction of sp³-hybridized carbons (Fsp3) is 0.118. The first kappa shape index (κ1) is 14.7. The second-order valence-corrected chi connectivity index (χ2v) is 5.61. The quantitative estimate of drug-likeness (QED) is 0.773. The molecule has 0 spiro atoms. The zero-order valence-corrected chi connectivity index (χ0v) is 13.6. The van der Waals surface area contributed by atoms with Gasteiger partial charge in [-0.25, -0.2) is 0 Å². The molecule has 1 aliphatic rings. The number of carbonyl (C=O) groups is 1. The van der Waals surface area contributed by atoms with Gasteiger partial charge in [-0.1, -0.05) is 28.1 Å². The summed E-state index contributed by atoms with van der Waals surface area (Å²) in [6.45, 7) is 0. The van der Waals surface area contributed by atoms with E-state index in [4.69, 9.17) is 14.2 Å². The van der Waals surface area contributed by atoms with Crippen molar-refractivity contribution in [2.24, 2.45) is 0 Å². The summed E-state index contributed by atoms with van der Waals surface area (Å²) in [5, 5.41) is 0. The average molecular weight is 361 g/mol. The summed E-state index contributed by atoms with van der Waals surface area (Å²) in [7, 11) is 3.06. The molecule has 22 heavy (non-hydrogen) atoms. The van der Waals surface area contributed by atoms with E-state index in [2.05, 4.69) is 15.9 Å².